The van der Waals surface area contributed by atoms with Crippen molar-refractivity contribution in [3.63, 3.8) is 0 Å². The van der Waals surface area contributed by atoms with Crippen molar-refractivity contribution in [3.8, 4) is 11.4 Å². The van der Waals surface area contributed by atoms with Crippen LogP contribution >= 0.6 is 0 Å². The van der Waals surface area contributed by atoms with Crippen molar-refractivity contribution < 1.29 is 9.13 Å². The van der Waals surface area contributed by atoms with Gasteiger partial charge >= 0.3 is 0 Å². The number of hydrogen-bond donors (Lipinski definition) is 2. The molecular formula is C16H17FN6O. The van der Waals surface area contributed by atoms with Crippen molar-refractivity contribution in [1.29, 1.82) is 0 Å². The topological polar surface area (TPSA) is 79.0 Å². The van der Waals surface area contributed by atoms with Crippen LogP contribution in [-0.2, 0) is 4.74 Å². The van der Waals surface area contributed by atoms with Crippen LogP contribution in [0.25, 0.3) is 22.4 Å². The fourth-order valence-electron chi connectivity index (χ4n) is 2.84. The molecule has 24 heavy (non-hydrogen) atoms. The maximum absolute atomic E-state index is 14.2. The number of aromatic nitrogens is 4. The van der Waals surface area contributed by atoms with E-state index in [2.05, 4.69) is 25.3 Å². The fourth-order valence-corrected chi connectivity index (χ4v) is 2.84. The van der Waals surface area contributed by atoms with E-state index in [1.165, 1.54) is 6.20 Å². The van der Waals surface area contributed by atoms with Crippen molar-refractivity contribution in [2.45, 2.75) is 0 Å². The van der Waals surface area contributed by atoms with Gasteiger partial charge in [0.15, 0.2) is 17.5 Å². The molecule has 0 aliphatic carbocycles. The van der Waals surface area contributed by atoms with Crippen molar-refractivity contribution in [1.82, 2.24) is 19.9 Å². The van der Waals surface area contributed by atoms with Crippen molar-refractivity contribution in [2.24, 2.45) is 0 Å². The van der Waals surface area contributed by atoms with Crippen LogP contribution in [0.15, 0.2) is 24.5 Å². The number of nitrogens with one attached hydrogen (secondary N) is 2. The summed E-state index contributed by atoms with van der Waals surface area (Å²) in [6.45, 7) is 2.37. The molecular weight excluding hydrogens is 311 g/mol. The van der Waals surface area contributed by atoms with Gasteiger partial charge in [-0.2, -0.15) is 0 Å². The number of fused-ring (bicyclic) bond motifs is 1. The highest BCUT2D eigenvalue weighted by atomic mass is 19.1. The van der Waals surface area contributed by atoms with Gasteiger partial charge in [-0.1, -0.05) is 0 Å². The van der Waals surface area contributed by atoms with Crippen LogP contribution in [0.2, 0.25) is 0 Å². The van der Waals surface area contributed by atoms with E-state index in [0.717, 1.165) is 16.6 Å². The van der Waals surface area contributed by atoms with Crippen LogP contribution in [0.1, 0.15) is 0 Å². The largest absolute Gasteiger partial charge is 0.378 e. The molecule has 8 heteroatoms. The van der Waals surface area contributed by atoms with Gasteiger partial charge in [-0.3, -0.25) is 0 Å². The van der Waals surface area contributed by atoms with Gasteiger partial charge in [-0.15, -0.1) is 0 Å². The van der Waals surface area contributed by atoms with Gasteiger partial charge in [0.05, 0.1) is 19.4 Å². The lowest BCUT2D eigenvalue weighted by atomic mass is 10.1. The van der Waals surface area contributed by atoms with Crippen molar-refractivity contribution in [2.75, 3.05) is 43.6 Å². The van der Waals surface area contributed by atoms with E-state index in [-0.39, 0.29) is 0 Å². The molecule has 124 valence electrons. The monoisotopic (exact) mass is 328 g/mol. The van der Waals surface area contributed by atoms with E-state index in [1.54, 1.807) is 7.05 Å². The van der Waals surface area contributed by atoms with Gasteiger partial charge in [0.1, 0.15) is 11.5 Å². The zero-order chi connectivity index (χ0) is 16.5. The van der Waals surface area contributed by atoms with Crippen LogP contribution in [0.3, 0.4) is 0 Å². The van der Waals surface area contributed by atoms with Crippen LogP contribution in [-0.4, -0.2) is 53.3 Å². The third-order valence-corrected chi connectivity index (χ3v) is 4.06. The highest BCUT2D eigenvalue weighted by Crippen LogP contribution is 2.29. The molecule has 3 aromatic heterocycles. The average molecular weight is 328 g/mol. The van der Waals surface area contributed by atoms with Gasteiger partial charge in [0.2, 0.25) is 0 Å². The third-order valence-electron chi connectivity index (χ3n) is 4.06. The molecule has 0 radical (unpaired) electrons. The summed E-state index contributed by atoms with van der Waals surface area (Å²) in [5, 5.41) is 3.92. The number of aromatic amines is 1. The number of nitrogens with zero attached hydrogens (tertiary/aromatic N) is 4. The molecule has 1 aliphatic rings. The number of H-pyrrole nitrogens is 1. The first-order valence-electron chi connectivity index (χ1n) is 7.78. The SMILES string of the molecule is CNc1cc(-c2ncc(F)c(N3CCOCC3)n2)c2cc[nH]c2n1. The van der Waals surface area contributed by atoms with Crippen LogP contribution in [0.4, 0.5) is 16.0 Å². The summed E-state index contributed by atoms with van der Waals surface area (Å²) >= 11 is 0. The molecule has 2 N–H and O–H groups in total. The minimum absolute atomic E-state index is 0.315. The predicted octanol–water partition coefficient (Wildman–Crippen LogP) is 2.04. The molecule has 4 rings (SSSR count). The molecule has 4 heterocycles. The number of anilines is 2. The maximum atomic E-state index is 14.2. The Morgan fingerprint density at radius 2 is 2.12 bits per heavy atom. The van der Waals surface area contributed by atoms with Gasteiger partial charge in [-0.25, -0.2) is 19.3 Å². The summed E-state index contributed by atoms with van der Waals surface area (Å²) in [5.74, 6) is 1.06. The first kappa shape index (κ1) is 14.8. The maximum Gasteiger partial charge on any atom is 0.183 e. The highest BCUT2D eigenvalue weighted by molar-refractivity contribution is 5.93. The number of morpholine rings is 1. The Morgan fingerprint density at radius 1 is 1.29 bits per heavy atom. The van der Waals surface area contributed by atoms with E-state index in [1.807, 2.05) is 23.2 Å². The first-order chi connectivity index (χ1) is 11.8. The first-order valence-corrected chi connectivity index (χ1v) is 7.78. The summed E-state index contributed by atoms with van der Waals surface area (Å²) in [7, 11) is 1.80. The molecule has 1 aliphatic heterocycles. The Labute approximate surface area is 137 Å². The van der Waals surface area contributed by atoms with Gasteiger partial charge in [-0.05, 0) is 12.1 Å². The number of pyridine rings is 1. The Morgan fingerprint density at radius 3 is 2.92 bits per heavy atom. The summed E-state index contributed by atoms with van der Waals surface area (Å²) in [6.07, 6.45) is 3.04. The average Bonchev–Trinajstić information content (AvgIpc) is 3.10. The zero-order valence-corrected chi connectivity index (χ0v) is 13.2. The number of rotatable bonds is 3. The van der Waals surface area contributed by atoms with E-state index < -0.39 is 5.82 Å². The normalized spacial score (nSPS) is 15.0. The third kappa shape index (κ3) is 2.54. The number of halogens is 1. The summed E-state index contributed by atoms with van der Waals surface area (Å²) < 4.78 is 19.6. The second-order valence-electron chi connectivity index (χ2n) is 5.51. The zero-order valence-electron chi connectivity index (χ0n) is 13.2. The van der Waals surface area contributed by atoms with Crippen LogP contribution in [0.5, 0.6) is 0 Å². The molecule has 7 nitrogen and oxygen atoms in total. The molecule has 0 bridgehead atoms. The van der Waals surface area contributed by atoms with Crippen LogP contribution in [0, 0.1) is 5.82 Å². The lowest BCUT2D eigenvalue weighted by Gasteiger charge is -2.28. The van der Waals surface area contributed by atoms with E-state index in [4.69, 9.17) is 4.74 Å². The molecule has 0 aromatic carbocycles. The Hall–Kier alpha value is -2.74. The summed E-state index contributed by atoms with van der Waals surface area (Å²) in [6, 6.07) is 3.78. The minimum atomic E-state index is -0.422. The molecule has 1 saturated heterocycles. The second kappa shape index (κ2) is 6.04. The van der Waals surface area contributed by atoms with Crippen molar-refractivity contribution >= 4 is 22.7 Å². The molecule has 0 amide bonds. The molecule has 3 aromatic rings. The molecule has 0 unspecified atom stereocenters. The van der Waals surface area contributed by atoms with E-state index >= 15 is 0 Å². The standard InChI is InChI=1S/C16H17FN6O/c1-18-13-8-11(10-2-3-19-14(10)21-13)15-20-9-12(17)16(22-15)23-4-6-24-7-5-23/h2-3,8-9H,4-7H2,1H3,(H2,18,19,21). The summed E-state index contributed by atoms with van der Waals surface area (Å²) in [5.41, 5.74) is 1.54. The van der Waals surface area contributed by atoms with Crippen molar-refractivity contribution in [3.05, 3.63) is 30.3 Å². The quantitative estimate of drug-likeness (QED) is 0.766. The summed E-state index contributed by atoms with van der Waals surface area (Å²) in [4.78, 5) is 18.1. The van der Waals surface area contributed by atoms with Gasteiger partial charge < -0.3 is 19.9 Å². The Bertz CT molecular complexity index is 874. The lowest BCUT2D eigenvalue weighted by Crippen LogP contribution is -2.37. The predicted molar refractivity (Wildman–Crippen MR) is 89.7 cm³/mol. The van der Waals surface area contributed by atoms with Crippen LogP contribution < -0.4 is 10.2 Å². The lowest BCUT2D eigenvalue weighted by molar-refractivity contribution is 0.122. The van der Waals surface area contributed by atoms with E-state index in [9.17, 15) is 4.39 Å². The van der Waals surface area contributed by atoms with E-state index in [0.29, 0.717) is 43.8 Å². The molecule has 0 atom stereocenters. The molecule has 0 spiro atoms. The smallest absolute Gasteiger partial charge is 0.183 e. The Balaban J connectivity index is 1.83. The fraction of sp³-hybridized carbons (Fsp3) is 0.312. The molecule has 0 saturated carbocycles. The molecule has 1 fully saturated rings. The van der Waals surface area contributed by atoms with Gasteiger partial charge in [0.25, 0.3) is 0 Å². The highest BCUT2D eigenvalue weighted by Gasteiger charge is 2.19. The second-order valence-corrected chi connectivity index (χ2v) is 5.51. The minimum Gasteiger partial charge on any atom is -0.378 e. The number of ether oxygens (including phenoxy) is 1. The Kier molecular flexibility index (Phi) is 3.73. The van der Waals surface area contributed by atoms with Gasteiger partial charge in [0, 0.05) is 37.3 Å². The number of hydrogen-bond acceptors (Lipinski definition) is 6.